The van der Waals surface area contributed by atoms with E-state index in [9.17, 15) is 23.9 Å². The van der Waals surface area contributed by atoms with Gasteiger partial charge in [-0.1, -0.05) is 6.07 Å². The van der Waals surface area contributed by atoms with E-state index < -0.39 is 35.3 Å². The number of aryl methyl sites for hydroxylation is 1. The van der Waals surface area contributed by atoms with E-state index in [4.69, 9.17) is 9.15 Å². The molecule has 2 heterocycles. The quantitative estimate of drug-likeness (QED) is 0.286. The van der Waals surface area contributed by atoms with Gasteiger partial charge in [-0.25, -0.2) is 9.18 Å². The fraction of sp³-hybridized carbons (Fsp3) is 0.125. The van der Waals surface area contributed by atoms with E-state index in [-0.39, 0.29) is 33.7 Å². The van der Waals surface area contributed by atoms with Crippen molar-refractivity contribution in [2.45, 2.75) is 13.0 Å². The minimum Gasteiger partial charge on any atom is -0.507 e. The first-order chi connectivity index (χ1) is 15.3. The number of hydrogen-bond donors (Lipinski definition) is 1. The number of halogens is 1. The number of aliphatic hydroxyl groups is 1. The summed E-state index contributed by atoms with van der Waals surface area (Å²) in [7, 11) is 1.23. The third kappa shape index (κ3) is 3.45. The van der Waals surface area contributed by atoms with Crippen molar-refractivity contribution in [1.29, 1.82) is 0 Å². The lowest BCUT2D eigenvalue weighted by Gasteiger charge is -2.23. The molecule has 162 valence electrons. The third-order valence-corrected chi connectivity index (χ3v) is 5.23. The molecular formula is C24H18FNO6. The second-order valence-electron chi connectivity index (χ2n) is 7.19. The van der Waals surface area contributed by atoms with Crippen molar-refractivity contribution in [2.24, 2.45) is 0 Å². The maximum absolute atomic E-state index is 13.7. The molecule has 3 aromatic rings. The number of carbonyl (C=O) groups excluding carboxylic acids is 3. The lowest BCUT2D eigenvalue weighted by Crippen LogP contribution is -2.29. The Morgan fingerprint density at radius 2 is 1.88 bits per heavy atom. The van der Waals surface area contributed by atoms with Gasteiger partial charge in [-0.05, 0) is 61.0 Å². The number of aliphatic hydroxyl groups excluding tert-OH is 1. The molecule has 1 unspecified atom stereocenters. The molecule has 0 aliphatic carbocycles. The van der Waals surface area contributed by atoms with Gasteiger partial charge in [0, 0.05) is 11.3 Å². The van der Waals surface area contributed by atoms with Gasteiger partial charge in [0.05, 0.1) is 24.5 Å². The van der Waals surface area contributed by atoms with Gasteiger partial charge in [0.15, 0.2) is 0 Å². The zero-order chi connectivity index (χ0) is 23.0. The maximum atomic E-state index is 13.7. The summed E-state index contributed by atoms with van der Waals surface area (Å²) >= 11 is 0. The number of amides is 1. The Kier molecular flexibility index (Phi) is 5.36. The van der Waals surface area contributed by atoms with E-state index in [1.165, 1.54) is 50.6 Å². The third-order valence-electron chi connectivity index (χ3n) is 5.23. The van der Waals surface area contributed by atoms with Crippen molar-refractivity contribution in [2.75, 3.05) is 12.0 Å². The van der Waals surface area contributed by atoms with Crippen molar-refractivity contribution in [1.82, 2.24) is 0 Å². The monoisotopic (exact) mass is 435 g/mol. The summed E-state index contributed by atoms with van der Waals surface area (Å²) < 4.78 is 23.9. The number of carbonyl (C=O) groups is 3. The minimum atomic E-state index is -1.09. The van der Waals surface area contributed by atoms with Crippen LogP contribution in [0.4, 0.5) is 10.1 Å². The van der Waals surface area contributed by atoms with Crippen LogP contribution in [0.5, 0.6) is 0 Å². The van der Waals surface area contributed by atoms with E-state index >= 15 is 0 Å². The number of rotatable bonds is 4. The number of furan rings is 1. The first-order valence-corrected chi connectivity index (χ1v) is 9.62. The molecule has 1 aromatic heterocycles. The Bertz CT molecular complexity index is 1260. The molecule has 32 heavy (non-hydrogen) atoms. The lowest BCUT2D eigenvalue weighted by molar-refractivity contribution is -0.132. The van der Waals surface area contributed by atoms with E-state index in [2.05, 4.69) is 0 Å². The summed E-state index contributed by atoms with van der Waals surface area (Å²) in [5.41, 5.74) is 0.662. The van der Waals surface area contributed by atoms with Crippen molar-refractivity contribution in [3.8, 4) is 0 Å². The smallest absolute Gasteiger partial charge is 0.337 e. The number of anilines is 1. The molecule has 7 nitrogen and oxygen atoms in total. The molecule has 1 aliphatic rings. The van der Waals surface area contributed by atoms with Crippen LogP contribution >= 0.6 is 0 Å². The number of Topliss-reactive ketones (excluding diaryl/α,β-unsaturated/α-hetero) is 1. The van der Waals surface area contributed by atoms with Crippen LogP contribution in [0.15, 0.2) is 70.9 Å². The Morgan fingerprint density at radius 3 is 2.53 bits per heavy atom. The van der Waals surface area contributed by atoms with Crippen molar-refractivity contribution < 1.29 is 33.0 Å². The van der Waals surface area contributed by atoms with E-state index in [1.807, 2.05) is 0 Å². The van der Waals surface area contributed by atoms with Gasteiger partial charge < -0.3 is 14.3 Å². The SMILES string of the molecule is COC(=O)c1cccc(N2C(=O)C(=O)/C(=C(\O)c3ccc(F)c(C)c3)C2c2ccco2)c1. The van der Waals surface area contributed by atoms with Gasteiger partial charge in [0.2, 0.25) is 0 Å². The van der Waals surface area contributed by atoms with Crippen LogP contribution in [0.2, 0.25) is 0 Å². The topological polar surface area (TPSA) is 97.0 Å². The van der Waals surface area contributed by atoms with Gasteiger partial charge in [-0.3, -0.25) is 14.5 Å². The number of nitrogens with zero attached hydrogens (tertiary/aromatic N) is 1. The summed E-state index contributed by atoms with van der Waals surface area (Å²) in [6.45, 7) is 1.52. The summed E-state index contributed by atoms with van der Waals surface area (Å²) in [6, 6.07) is 11.9. The second kappa shape index (κ2) is 8.14. The highest BCUT2D eigenvalue weighted by Gasteiger charge is 2.48. The van der Waals surface area contributed by atoms with Crippen molar-refractivity contribution in [3.05, 3.63) is 94.7 Å². The highest BCUT2D eigenvalue weighted by molar-refractivity contribution is 6.51. The molecule has 0 radical (unpaired) electrons. The number of ether oxygens (including phenoxy) is 1. The highest BCUT2D eigenvalue weighted by atomic mass is 19.1. The van der Waals surface area contributed by atoms with Gasteiger partial charge >= 0.3 is 5.97 Å². The number of hydrogen-bond acceptors (Lipinski definition) is 6. The van der Waals surface area contributed by atoms with E-state index in [0.29, 0.717) is 0 Å². The number of benzene rings is 2. The first-order valence-electron chi connectivity index (χ1n) is 9.62. The Hall–Kier alpha value is -4.20. The fourth-order valence-corrected chi connectivity index (χ4v) is 3.66. The van der Waals surface area contributed by atoms with Gasteiger partial charge in [0.1, 0.15) is 23.4 Å². The first kappa shape index (κ1) is 21.0. The summed E-state index contributed by atoms with van der Waals surface area (Å²) in [4.78, 5) is 39.2. The summed E-state index contributed by atoms with van der Waals surface area (Å²) in [5.74, 6) is -3.15. The summed E-state index contributed by atoms with van der Waals surface area (Å²) in [5, 5.41) is 11.0. The molecule has 4 rings (SSSR count). The van der Waals surface area contributed by atoms with Gasteiger partial charge in [-0.15, -0.1) is 0 Å². The zero-order valence-corrected chi connectivity index (χ0v) is 17.2. The van der Waals surface area contributed by atoms with Crippen LogP contribution < -0.4 is 4.90 Å². The lowest BCUT2D eigenvalue weighted by atomic mass is 9.98. The van der Waals surface area contributed by atoms with Gasteiger partial charge in [0.25, 0.3) is 11.7 Å². The molecule has 1 atom stereocenters. The molecule has 8 heteroatoms. The molecule has 1 N–H and O–H groups in total. The van der Waals surface area contributed by atoms with Crippen LogP contribution in [-0.2, 0) is 14.3 Å². The Balaban J connectivity index is 1.91. The largest absolute Gasteiger partial charge is 0.507 e. The molecule has 1 fully saturated rings. The van der Waals surface area contributed by atoms with Crippen LogP contribution in [0.1, 0.15) is 33.3 Å². The van der Waals surface area contributed by atoms with Crippen molar-refractivity contribution in [3.63, 3.8) is 0 Å². The molecule has 0 bridgehead atoms. The predicted molar refractivity (Wildman–Crippen MR) is 112 cm³/mol. The normalized spacial score (nSPS) is 17.6. The minimum absolute atomic E-state index is 0.180. The van der Waals surface area contributed by atoms with E-state index in [1.54, 1.807) is 24.3 Å². The Morgan fingerprint density at radius 1 is 1.09 bits per heavy atom. The average molecular weight is 435 g/mol. The molecule has 1 aliphatic heterocycles. The standard InChI is InChI=1S/C24H18FNO6/c1-13-11-14(8-9-17(13)25)21(27)19-20(18-7-4-10-32-18)26(23(29)22(19)28)16-6-3-5-15(12-16)24(30)31-2/h3-12,20,27H,1-2H3/b21-19-. The fourth-order valence-electron chi connectivity index (χ4n) is 3.66. The number of ketones is 1. The van der Waals surface area contributed by atoms with Crippen LogP contribution in [0, 0.1) is 12.7 Å². The molecular weight excluding hydrogens is 417 g/mol. The van der Waals surface area contributed by atoms with Gasteiger partial charge in [-0.2, -0.15) is 0 Å². The molecule has 0 spiro atoms. The van der Waals surface area contributed by atoms with Crippen molar-refractivity contribution >= 4 is 29.1 Å². The average Bonchev–Trinajstić information content (AvgIpc) is 3.41. The molecule has 0 saturated carbocycles. The predicted octanol–water partition coefficient (Wildman–Crippen LogP) is 4.14. The van der Waals surface area contributed by atoms with E-state index in [0.717, 1.165) is 4.90 Å². The number of methoxy groups -OCH3 is 1. The second-order valence-corrected chi connectivity index (χ2v) is 7.19. The molecule has 1 amide bonds. The Labute approximate surface area is 182 Å². The van der Waals surface area contributed by atoms with Crippen LogP contribution in [0.3, 0.4) is 0 Å². The molecule has 2 aromatic carbocycles. The zero-order valence-electron chi connectivity index (χ0n) is 17.2. The molecule has 1 saturated heterocycles. The van der Waals surface area contributed by atoms with Crippen LogP contribution in [0.25, 0.3) is 5.76 Å². The maximum Gasteiger partial charge on any atom is 0.337 e. The van der Waals surface area contributed by atoms with Crippen LogP contribution in [-0.4, -0.2) is 29.9 Å². The highest BCUT2D eigenvalue weighted by Crippen LogP contribution is 2.42. The number of esters is 1. The summed E-state index contributed by atoms with van der Waals surface area (Å²) in [6.07, 6.45) is 1.38.